The molecule has 0 aliphatic carbocycles. The summed E-state index contributed by atoms with van der Waals surface area (Å²) in [6, 6.07) is 13.4. The monoisotopic (exact) mass is 427 g/mol. The minimum Gasteiger partial charge on any atom is -0.497 e. The summed E-state index contributed by atoms with van der Waals surface area (Å²) in [6.07, 6.45) is 0. The Morgan fingerprint density at radius 2 is 1.71 bits per heavy atom. The van der Waals surface area contributed by atoms with Crippen molar-refractivity contribution >= 4 is 11.6 Å². The number of halogens is 1. The molecule has 1 aliphatic heterocycles. The topological polar surface area (TPSA) is 52.1 Å². The highest BCUT2D eigenvalue weighted by Gasteiger charge is 2.18. The smallest absolute Gasteiger partial charge is 0.191 e. The molecule has 6 nitrogen and oxygen atoms in total. The van der Waals surface area contributed by atoms with Crippen molar-refractivity contribution in [2.45, 2.75) is 26.9 Å². The zero-order valence-corrected chi connectivity index (χ0v) is 18.8. The molecule has 0 bridgehead atoms. The van der Waals surface area contributed by atoms with Crippen molar-refractivity contribution < 1.29 is 9.13 Å². The second kappa shape index (κ2) is 11.6. The number of methoxy groups -OCH3 is 1. The molecule has 31 heavy (non-hydrogen) atoms. The van der Waals surface area contributed by atoms with E-state index in [2.05, 4.69) is 32.3 Å². The van der Waals surface area contributed by atoms with Crippen molar-refractivity contribution in [1.82, 2.24) is 15.5 Å². The predicted octanol–water partition coefficient (Wildman–Crippen LogP) is 3.23. The standard InChI is InChI=1S/C24H34FN5O/c1-4-26-24(27-17-19-6-9-21(31-3)10-7-19)28-18-20-8-11-23(22(25)16-20)30-14-12-29(5-2)13-15-30/h6-11,16H,4-5,12-15,17-18H2,1-3H3,(H2,26,27,28). The lowest BCUT2D eigenvalue weighted by Crippen LogP contribution is -2.46. The number of anilines is 1. The number of benzene rings is 2. The molecule has 1 fully saturated rings. The van der Waals surface area contributed by atoms with Crippen LogP contribution in [0.4, 0.5) is 10.1 Å². The van der Waals surface area contributed by atoms with Crippen molar-refractivity contribution in [3.05, 3.63) is 59.4 Å². The van der Waals surface area contributed by atoms with Gasteiger partial charge in [0, 0.05) is 39.3 Å². The molecule has 2 N–H and O–H groups in total. The maximum atomic E-state index is 14.8. The summed E-state index contributed by atoms with van der Waals surface area (Å²) >= 11 is 0. The fourth-order valence-corrected chi connectivity index (χ4v) is 3.65. The average Bonchev–Trinajstić information content (AvgIpc) is 2.81. The summed E-state index contributed by atoms with van der Waals surface area (Å²) in [4.78, 5) is 9.14. The fourth-order valence-electron chi connectivity index (χ4n) is 3.65. The van der Waals surface area contributed by atoms with Crippen molar-refractivity contribution in [3.63, 3.8) is 0 Å². The summed E-state index contributed by atoms with van der Waals surface area (Å²) in [5.74, 6) is 1.37. The fraction of sp³-hybridized carbons (Fsp3) is 0.458. The molecular weight excluding hydrogens is 393 g/mol. The van der Waals surface area contributed by atoms with Crippen LogP contribution in [0.3, 0.4) is 0 Å². The van der Waals surface area contributed by atoms with E-state index in [1.165, 1.54) is 0 Å². The van der Waals surface area contributed by atoms with Gasteiger partial charge in [0.2, 0.25) is 0 Å². The molecule has 0 unspecified atom stereocenters. The number of rotatable bonds is 8. The average molecular weight is 428 g/mol. The predicted molar refractivity (Wildman–Crippen MR) is 125 cm³/mol. The number of hydrogen-bond acceptors (Lipinski definition) is 4. The molecule has 0 radical (unpaired) electrons. The van der Waals surface area contributed by atoms with Crippen LogP contribution in [0, 0.1) is 5.82 Å². The molecule has 7 heteroatoms. The zero-order chi connectivity index (χ0) is 22.1. The number of nitrogens with zero attached hydrogens (tertiary/aromatic N) is 3. The van der Waals surface area contributed by atoms with E-state index in [0.717, 1.165) is 56.1 Å². The van der Waals surface area contributed by atoms with Gasteiger partial charge in [-0.05, 0) is 48.9 Å². The Kier molecular flexibility index (Phi) is 8.53. The van der Waals surface area contributed by atoms with Crippen molar-refractivity contribution in [3.8, 4) is 5.75 Å². The number of nitrogens with one attached hydrogen (secondary N) is 2. The van der Waals surface area contributed by atoms with Gasteiger partial charge in [-0.15, -0.1) is 0 Å². The van der Waals surface area contributed by atoms with Gasteiger partial charge in [-0.25, -0.2) is 9.38 Å². The molecule has 0 amide bonds. The van der Waals surface area contributed by atoms with Crippen LogP contribution < -0.4 is 20.3 Å². The highest BCUT2D eigenvalue weighted by atomic mass is 19.1. The Morgan fingerprint density at radius 3 is 2.32 bits per heavy atom. The van der Waals surface area contributed by atoms with Crippen molar-refractivity contribution in [2.24, 2.45) is 4.99 Å². The first-order chi connectivity index (χ1) is 15.1. The Morgan fingerprint density at radius 1 is 1.00 bits per heavy atom. The second-order valence-corrected chi connectivity index (χ2v) is 7.60. The molecule has 1 saturated heterocycles. The van der Waals surface area contributed by atoms with Gasteiger partial charge in [-0.1, -0.05) is 25.1 Å². The summed E-state index contributed by atoms with van der Waals surface area (Å²) in [5, 5.41) is 6.56. The Bertz CT molecular complexity index is 848. The summed E-state index contributed by atoms with van der Waals surface area (Å²) in [5.41, 5.74) is 2.67. The van der Waals surface area contributed by atoms with Crippen LogP contribution in [0.15, 0.2) is 47.5 Å². The van der Waals surface area contributed by atoms with Gasteiger partial charge in [0.15, 0.2) is 5.96 Å². The lowest BCUT2D eigenvalue weighted by molar-refractivity contribution is 0.270. The van der Waals surface area contributed by atoms with E-state index in [4.69, 9.17) is 4.74 Å². The SMILES string of the molecule is CCNC(=NCc1ccc(N2CCN(CC)CC2)c(F)c1)NCc1ccc(OC)cc1. The highest BCUT2D eigenvalue weighted by molar-refractivity contribution is 5.79. The molecule has 0 atom stereocenters. The molecular formula is C24H34FN5O. The second-order valence-electron chi connectivity index (χ2n) is 7.60. The Balaban J connectivity index is 1.59. The van der Waals surface area contributed by atoms with Gasteiger partial charge in [-0.2, -0.15) is 0 Å². The summed E-state index contributed by atoms with van der Waals surface area (Å²) in [6.45, 7) is 10.7. The van der Waals surface area contributed by atoms with E-state index in [-0.39, 0.29) is 5.82 Å². The van der Waals surface area contributed by atoms with Crippen LogP contribution in [0.25, 0.3) is 0 Å². The minimum absolute atomic E-state index is 0.172. The molecule has 168 valence electrons. The van der Waals surface area contributed by atoms with Crippen LogP contribution >= 0.6 is 0 Å². The zero-order valence-electron chi connectivity index (χ0n) is 18.8. The molecule has 1 heterocycles. The van der Waals surface area contributed by atoms with Crippen LogP contribution in [-0.2, 0) is 13.1 Å². The molecule has 3 rings (SSSR count). The number of hydrogen-bond donors (Lipinski definition) is 2. The lowest BCUT2D eigenvalue weighted by atomic mass is 10.1. The summed E-state index contributed by atoms with van der Waals surface area (Å²) < 4.78 is 20.0. The quantitative estimate of drug-likeness (QED) is 0.500. The number of aliphatic imine (C=N–C) groups is 1. The third-order valence-corrected chi connectivity index (χ3v) is 5.56. The van der Waals surface area contributed by atoms with Crippen LogP contribution in [0.5, 0.6) is 5.75 Å². The maximum absolute atomic E-state index is 14.8. The first kappa shape index (κ1) is 22.9. The molecule has 0 aromatic heterocycles. The molecule has 1 aliphatic rings. The van der Waals surface area contributed by atoms with Crippen LogP contribution in [0.1, 0.15) is 25.0 Å². The summed E-state index contributed by atoms with van der Waals surface area (Å²) in [7, 11) is 1.66. The van der Waals surface area contributed by atoms with E-state index in [1.807, 2.05) is 43.3 Å². The third-order valence-electron chi connectivity index (χ3n) is 5.56. The van der Waals surface area contributed by atoms with E-state index < -0.39 is 0 Å². The first-order valence-electron chi connectivity index (χ1n) is 11.0. The van der Waals surface area contributed by atoms with E-state index in [9.17, 15) is 4.39 Å². The molecule has 0 saturated carbocycles. The van der Waals surface area contributed by atoms with Crippen LogP contribution in [0.2, 0.25) is 0 Å². The van der Waals surface area contributed by atoms with E-state index in [1.54, 1.807) is 13.2 Å². The lowest BCUT2D eigenvalue weighted by Gasteiger charge is -2.35. The normalized spacial score (nSPS) is 15.1. The number of likely N-dealkylation sites (N-methyl/N-ethyl adjacent to an activating group) is 1. The number of piperazine rings is 1. The highest BCUT2D eigenvalue weighted by Crippen LogP contribution is 2.22. The largest absolute Gasteiger partial charge is 0.497 e. The van der Waals surface area contributed by atoms with Gasteiger partial charge in [0.1, 0.15) is 11.6 Å². The number of guanidine groups is 1. The molecule has 2 aromatic rings. The van der Waals surface area contributed by atoms with Gasteiger partial charge in [-0.3, -0.25) is 0 Å². The van der Waals surface area contributed by atoms with Crippen molar-refractivity contribution in [2.75, 3.05) is 51.3 Å². The van der Waals surface area contributed by atoms with Gasteiger partial charge < -0.3 is 25.2 Å². The van der Waals surface area contributed by atoms with Gasteiger partial charge in [0.05, 0.1) is 19.3 Å². The van der Waals surface area contributed by atoms with E-state index in [0.29, 0.717) is 24.7 Å². The molecule has 0 spiro atoms. The Hall–Kier alpha value is -2.80. The number of ether oxygens (including phenoxy) is 1. The molecule has 2 aromatic carbocycles. The Labute approximate surface area is 185 Å². The maximum Gasteiger partial charge on any atom is 0.191 e. The minimum atomic E-state index is -0.172. The third kappa shape index (κ3) is 6.59. The van der Waals surface area contributed by atoms with E-state index >= 15 is 0 Å². The van der Waals surface area contributed by atoms with Crippen LogP contribution in [-0.4, -0.2) is 57.2 Å². The van der Waals surface area contributed by atoms with Crippen molar-refractivity contribution in [1.29, 1.82) is 0 Å². The first-order valence-corrected chi connectivity index (χ1v) is 11.0. The van der Waals surface area contributed by atoms with Gasteiger partial charge in [0.25, 0.3) is 0 Å². The van der Waals surface area contributed by atoms with Gasteiger partial charge >= 0.3 is 0 Å².